The average molecular weight is 265 g/mol. The smallest absolute Gasteiger partial charge is 0.122 e. The van der Waals surface area contributed by atoms with E-state index in [1.807, 2.05) is 26.0 Å². The van der Waals surface area contributed by atoms with Crippen LogP contribution in [0.25, 0.3) is 0 Å². The van der Waals surface area contributed by atoms with Crippen LogP contribution in [0.1, 0.15) is 30.9 Å². The third-order valence-electron chi connectivity index (χ3n) is 3.04. The second-order valence-corrected chi connectivity index (χ2v) is 4.69. The maximum atomic E-state index is 8.77. The average Bonchev–Trinajstić information content (AvgIpc) is 2.78. The van der Waals surface area contributed by atoms with Gasteiger partial charge in [-0.05, 0) is 26.0 Å². The summed E-state index contributed by atoms with van der Waals surface area (Å²) in [5.74, 6) is 1.72. The Morgan fingerprint density at radius 3 is 2.68 bits per heavy atom. The topological polar surface area (TPSA) is 75.4 Å². The predicted octanol–water partition coefficient (Wildman–Crippen LogP) is 1.84. The van der Waals surface area contributed by atoms with Gasteiger partial charge < -0.3 is 14.9 Å². The highest BCUT2D eigenvalue weighted by Crippen LogP contribution is 2.25. The van der Waals surface area contributed by atoms with E-state index in [4.69, 9.17) is 20.1 Å². The van der Waals surface area contributed by atoms with Crippen LogP contribution in [0.5, 0.6) is 0 Å². The van der Waals surface area contributed by atoms with Crippen molar-refractivity contribution < 1.29 is 9.15 Å². The molecule has 0 spiro atoms. The molecule has 1 aromatic heterocycles. The molecule has 0 aliphatic carbocycles. The van der Waals surface area contributed by atoms with Crippen molar-refractivity contribution >= 4 is 0 Å². The highest BCUT2D eigenvalue weighted by Gasteiger charge is 2.26. The predicted molar refractivity (Wildman–Crippen MR) is 73.5 cm³/mol. The first-order chi connectivity index (χ1) is 9.10. The van der Waals surface area contributed by atoms with Crippen LogP contribution in [-0.2, 0) is 4.74 Å². The molecule has 5 heteroatoms. The summed E-state index contributed by atoms with van der Waals surface area (Å²) in [5.41, 5.74) is 6.10. The summed E-state index contributed by atoms with van der Waals surface area (Å²) < 4.78 is 10.8. The standard InChI is InChI=1S/C14H23N3O2/c1-11-5-6-13(19-11)14(12(2)16)17(8-4-7-15)9-10-18-3/h5-6,12,14H,4,8-10,16H2,1-3H3. The van der Waals surface area contributed by atoms with E-state index in [9.17, 15) is 0 Å². The third-order valence-corrected chi connectivity index (χ3v) is 3.04. The Balaban J connectivity index is 2.87. The van der Waals surface area contributed by atoms with E-state index in [1.54, 1.807) is 7.11 Å². The molecule has 0 aromatic carbocycles. The molecule has 0 fully saturated rings. The van der Waals surface area contributed by atoms with Gasteiger partial charge in [-0.2, -0.15) is 5.26 Å². The number of nitriles is 1. The Bertz CT molecular complexity index is 409. The van der Waals surface area contributed by atoms with Crippen LogP contribution in [-0.4, -0.2) is 37.7 Å². The van der Waals surface area contributed by atoms with Gasteiger partial charge in [-0.15, -0.1) is 0 Å². The van der Waals surface area contributed by atoms with Crippen molar-refractivity contribution in [2.45, 2.75) is 32.4 Å². The van der Waals surface area contributed by atoms with Crippen LogP contribution in [0.2, 0.25) is 0 Å². The van der Waals surface area contributed by atoms with Crippen LogP contribution < -0.4 is 5.73 Å². The molecule has 0 amide bonds. The first-order valence-electron chi connectivity index (χ1n) is 6.52. The van der Waals surface area contributed by atoms with Gasteiger partial charge in [0.25, 0.3) is 0 Å². The van der Waals surface area contributed by atoms with E-state index in [2.05, 4.69) is 11.0 Å². The minimum absolute atomic E-state index is 0.0304. The second kappa shape index (κ2) is 7.95. The Morgan fingerprint density at radius 2 is 2.21 bits per heavy atom. The molecule has 19 heavy (non-hydrogen) atoms. The molecule has 2 atom stereocenters. The summed E-state index contributed by atoms with van der Waals surface area (Å²) in [4.78, 5) is 2.15. The summed E-state index contributed by atoms with van der Waals surface area (Å²) in [6, 6.07) is 5.95. The summed E-state index contributed by atoms with van der Waals surface area (Å²) >= 11 is 0. The van der Waals surface area contributed by atoms with Gasteiger partial charge in [0.15, 0.2) is 0 Å². The van der Waals surface area contributed by atoms with Crippen LogP contribution in [0.15, 0.2) is 16.5 Å². The van der Waals surface area contributed by atoms with Crippen molar-refractivity contribution in [1.82, 2.24) is 4.90 Å². The number of nitrogens with zero attached hydrogens (tertiary/aromatic N) is 2. The van der Waals surface area contributed by atoms with Gasteiger partial charge in [0.1, 0.15) is 11.5 Å². The third kappa shape index (κ3) is 4.67. The van der Waals surface area contributed by atoms with Crippen LogP contribution in [0.3, 0.4) is 0 Å². The van der Waals surface area contributed by atoms with Gasteiger partial charge in [-0.1, -0.05) is 0 Å². The quantitative estimate of drug-likeness (QED) is 0.776. The Morgan fingerprint density at radius 1 is 1.47 bits per heavy atom. The van der Waals surface area contributed by atoms with E-state index >= 15 is 0 Å². The molecular weight excluding hydrogens is 242 g/mol. The fraction of sp³-hybridized carbons (Fsp3) is 0.643. The summed E-state index contributed by atoms with van der Waals surface area (Å²) in [5, 5.41) is 8.77. The number of nitrogens with two attached hydrogens (primary N) is 1. The molecule has 1 rings (SSSR count). The van der Waals surface area contributed by atoms with Crippen molar-refractivity contribution in [1.29, 1.82) is 5.26 Å². The molecule has 0 aliphatic rings. The minimum atomic E-state index is -0.0823. The lowest BCUT2D eigenvalue weighted by atomic mass is 10.1. The van der Waals surface area contributed by atoms with Gasteiger partial charge in [-0.3, -0.25) is 4.90 Å². The highest BCUT2D eigenvalue weighted by molar-refractivity contribution is 5.12. The lowest BCUT2D eigenvalue weighted by molar-refractivity contribution is 0.102. The van der Waals surface area contributed by atoms with Crippen LogP contribution in [0, 0.1) is 18.3 Å². The minimum Gasteiger partial charge on any atom is -0.465 e. The number of aryl methyl sites for hydroxylation is 1. The van der Waals surface area contributed by atoms with Crippen molar-refractivity contribution in [3.8, 4) is 6.07 Å². The van der Waals surface area contributed by atoms with E-state index in [0.29, 0.717) is 19.6 Å². The molecule has 0 saturated carbocycles. The summed E-state index contributed by atoms with van der Waals surface area (Å²) in [6.45, 7) is 5.86. The lowest BCUT2D eigenvalue weighted by Crippen LogP contribution is -2.41. The van der Waals surface area contributed by atoms with Crippen LogP contribution >= 0.6 is 0 Å². The second-order valence-electron chi connectivity index (χ2n) is 4.69. The molecule has 0 aliphatic heterocycles. The molecule has 0 bridgehead atoms. The van der Waals surface area contributed by atoms with Gasteiger partial charge in [0, 0.05) is 32.7 Å². The molecule has 5 nitrogen and oxygen atoms in total. The Kier molecular flexibility index (Phi) is 6.57. The van der Waals surface area contributed by atoms with Gasteiger partial charge in [-0.25, -0.2) is 0 Å². The molecular formula is C14H23N3O2. The maximum Gasteiger partial charge on any atom is 0.122 e. The molecule has 1 aromatic rings. The normalized spacial score (nSPS) is 14.3. The fourth-order valence-electron chi connectivity index (χ4n) is 2.18. The van der Waals surface area contributed by atoms with Crippen molar-refractivity contribution in [3.05, 3.63) is 23.7 Å². The van der Waals surface area contributed by atoms with Gasteiger partial charge in [0.05, 0.1) is 18.7 Å². The number of furan rings is 1. The summed E-state index contributed by atoms with van der Waals surface area (Å²) in [6.07, 6.45) is 0.465. The largest absolute Gasteiger partial charge is 0.465 e. The van der Waals surface area contributed by atoms with Crippen molar-refractivity contribution in [3.63, 3.8) is 0 Å². The summed E-state index contributed by atoms with van der Waals surface area (Å²) in [7, 11) is 1.67. The number of hydrogen-bond acceptors (Lipinski definition) is 5. The highest BCUT2D eigenvalue weighted by atomic mass is 16.5. The van der Waals surface area contributed by atoms with E-state index in [-0.39, 0.29) is 12.1 Å². The molecule has 1 heterocycles. The molecule has 2 unspecified atom stereocenters. The van der Waals surface area contributed by atoms with E-state index in [1.165, 1.54) is 0 Å². The molecule has 106 valence electrons. The number of ether oxygens (including phenoxy) is 1. The molecule has 0 radical (unpaired) electrons. The lowest BCUT2D eigenvalue weighted by Gasteiger charge is -2.32. The zero-order chi connectivity index (χ0) is 14.3. The molecule has 0 saturated heterocycles. The monoisotopic (exact) mass is 265 g/mol. The maximum absolute atomic E-state index is 8.77. The fourth-order valence-corrected chi connectivity index (χ4v) is 2.18. The van der Waals surface area contributed by atoms with Crippen molar-refractivity contribution in [2.24, 2.45) is 5.73 Å². The number of hydrogen-bond donors (Lipinski definition) is 1. The van der Waals surface area contributed by atoms with Gasteiger partial charge >= 0.3 is 0 Å². The number of methoxy groups -OCH3 is 1. The Hall–Kier alpha value is -1.35. The van der Waals surface area contributed by atoms with Crippen molar-refractivity contribution in [2.75, 3.05) is 26.8 Å². The first kappa shape index (κ1) is 15.7. The van der Waals surface area contributed by atoms with Crippen LogP contribution in [0.4, 0.5) is 0 Å². The zero-order valence-electron chi connectivity index (χ0n) is 11.9. The van der Waals surface area contributed by atoms with E-state index in [0.717, 1.165) is 18.1 Å². The SMILES string of the molecule is COCCN(CCC#N)C(c1ccc(C)o1)C(C)N. The molecule has 2 N–H and O–H groups in total. The first-order valence-corrected chi connectivity index (χ1v) is 6.52. The van der Waals surface area contributed by atoms with Gasteiger partial charge in [0.2, 0.25) is 0 Å². The Labute approximate surface area is 114 Å². The van der Waals surface area contributed by atoms with E-state index < -0.39 is 0 Å². The number of rotatable bonds is 8. The zero-order valence-corrected chi connectivity index (χ0v) is 11.9.